The molecule has 0 bridgehead atoms. The first kappa shape index (κ1) is 23.6. The molecule has 2 aromatic carbocycles. The fourth-order valence-corrected chi connectivity index (χ4v) is 3.81. The molecule has 2 amide bonds. The zero-order valence-corrected chi connectivity index (χ0v) is 18.8. The van der Waals surface area contributed by atoms with Crippen LogP contribution < -0.4 is 26.4 Å². The van der Waals surface area contributed by atoms with Crippen molar-refractivity contribution in [3.63, 3.8) is 0 Å². The lowest BCUT2D eigenvalue weighted by molar-refractivity contribution is 0.0892. The minimum Gasteiger partial charge on any atom is -0.507 e. The van der Waals surface area contributed by atoms with E-state index in [1.54, 1.807) is 12.1 Å². The molecule has 35 heavy (non-hydrogen) atoms. The number of aromatic nitrogens is 2. The molecule has 1 saturated heterocycles. The van der Waals surface area contributed by atoms with E-state index >= 15 is 0 Å². The largest absolute Gasteiger partial charge is 0.507 e. The molecule has 2 heterocycles. The monoisotopic (exact) mass is 476 g/mol. The van der Waals surface area contributed by atoms with Crippen molar-refractivity contribution in [2.24, 2.45) is 0 Å². The second-order valence-electron chi connectivity index (χ2n) is 7.88. The Balaban J connectivity index is 1.47. The molecule has 1 aliphatic heterocycles. The lowest BCUT2D eigenvalue weighted by atomic mass is 10.00. The van der Waals surface area contributed by atoms with Gasteiger partial charge in [-0.05, 0) is 36.4 Å². The van der Waals surface area contributed by atoms with Crippen LogP contribution >= 0.6 is 0 Å². The van der Waals surface area contributed by atoms with Crippen LogP contribution in [0.5, 0.6) is 11.5 Å². The molecule has 0 radical (unpaired) electrons. The summed E-state index contributed by atoms with van der Waals surface area (Å²) in [4.78, 5) is 46.0. The number of carbonyl (C=O) groups is 3. The van der Waals surface area contributed by atoms with Crippen LogP contribution in [0, 0.1) is 0 Å². The number of phenols is 1. The average molecular weight is 476 g/mol. The highest BCUT2D eigenvalue weighted by molar-refractivity contribution is 6.11. The number of nitrogens with one attached hydrogen (secondary N) is 3. The molecule has 0 spiro atoms. The zero-order chi connectivity index (χ0) is 24.9. The fourth-order valence-electron chi connectivity index (χ4n) is 3.81. The van der Waals surface area contributed by atoms with E-state index in [-0.39, 0.29) is 39.8 Å². The summed E-state index contributed by atoms with van der Waals surface area (Å²) in [5, 5.41) is 18.9. The van der Waals surface area contributed by atoms with E-state index in [0.717, 1.165) is 0 Å². The summed E-state index contributed by atoms with van der Waals surface area (Å²) in [6, 6.07) is 11.3. The van der Waals surface area contributed by atoms with Gasteiger partial charge in [0.05, 0.1) is 30.3 Å². The van der Waals surface area contributed by atoms with Crippen molar-refractivity contribution < 1.29 is 24.2 Å². The quantitative estimate of drug-likeness (QED) is 0.305. The van der Waals surface area contributed by atoms with Crippen molar-refractivity contribution in [3.8, 4) is 11.5 Å². The van der Waals surface area contributed by atoms with Gasteiger partial charge < -0.3 is 31.5 Å². The minimum atomic E-state index is -0.434. The van der Waals surface area contributed by atoms with Gasteiger partial charge in [0, 0.05) is 24.8 Å². The third kappa shape index (κ3) is 5.20. The highest BCUT2D eigenvalue weighted by Crippen LogP contribution is 2.25. The summed E-state index contributed by atoms with van der Waals surface area (Å²) in [6.07, 6.45) is 1.39. The van der Waals surface area contributed by atoms with E-state index in [2.05, 4.69) is 25.9 Å². The van der Waals surface area contributed by atoms with Crippen LogP contribution in [0.15, 0.2) is 54.7 Å². The van der Waals surface area contributed by atoms with E-state index in [9.17, 15) is 19.5 Å². The summed E-state index contributed by atoms with van der Waals surface area (Å²) >= 11 is 0. The second-order valence-corrected chi connectivity index (χ2v) is 7.88. The molecule has 0 aliphatic carbocycles. The number of hydrogen-bond donors (Lipinski definition) is 5. The summed E-state index contributed by atoms with van der Waals surface area (Å²) in [5.74, 6) is -1.21. The van der Waals surface area contributed by atoms with E-state index in [4.69, 9.17) is 10.5 Å². The molecule has 3 aromatic rings. The molecule has 0 saturated carbocycles. The van der Waals surface area contributed by atoms with Crippen LogP contribution in [0.3, 0.4) is 0 Å². The molecular weight excluding hydrogens is 452 g/mol. The van der Waals surface area contributed by atoms with Crippen molar-refractivity contribution in [3.05, 3.63) is 77.1 Å². The number of ether oxygens (including phenoxy) is 1. The lowest BCUT2D eigenvalue weighted by Gasteiger charge is -2.21. The number of aromatic hydroxyl groups is 1. The maximum absolute atomic E-state index is 13.0. The molecule has 1 unspecified atom stereocenters. The third-order valence-electron chi connectivity index (χ3n) is 5.61. The van der Waals surface area contributed by atoms with E-state index in [0.29, 0.717) is 13.1 Å². The molecular formula is C24H24N6O5. The van der Waals surface area contributed by atoms with Crippen LogP contribution in [-0.4, -0.2) is 65.0 Å². The number of amides is 2. The molecule has 2 atom stereocenters. The first-order chi connectivity index (χ1) is 16.9. The van der Waals surface area contributed by atoms with Crippen LogP contribution in [0.4, 0.5) is 5.95 Å². The number of carbonyl (C=O) groups excluding carboxylic acids is 3. The number of hydrogen-bond acceptors (Lipinski definition) is 9. The standard InChI is InChI=1S/C24H24N6O5/c1-35-20-10-13(21(32)14-4-2-3-5-19(14)31)6-7-15(20)22(33)28-17-11-26-12-18(17)29-23(34)16-8-9-27-24(25)30-16/h2-10,17-18,26,31H,11-12H2,1H3,(H,28,33)(H,29,34)(H2,25,27,30)/t17?,18-/m1/s1. The summed E-state index contributed by atoms with van der Waals surface area (Å²) in [5.41, 5.74) is 6.30. The maximum atomic E-state index is 13.0. The van der Waals surface area contributed by atoms with Crippen molar-refractivity contribution in [2.45, 2.75) is 12.1 Å². The number of rotatable bonds is 7. The van der Waals surface area contributed by atoms with Crippen LogP contribution in [0.1, 0.15) is 36.8 Å². The summed E-state index contributed by atoms with van der Waals surface area (Å²) in [7, 11) is 1.40. The zero-order valence-electron chi connectivity index (χ0n) is 18.8. The number of phenolic OH excluding ortho intramolecular Hbond substituents is 1. The van der Waals surface area contributed by atoms with Crippen molar-refractivity contribution in [1.29, 1.82) is 0 Å². The van der Waals surface area contributed by atoms with Gasteiger partial charge in [-0.3, -0.25) is 14.4 Å². The Morgan fingerprint density at radius 3 is 2.43 bits per heavy atom. The SMILES string of the molecule is COc1cc(C(=O)c2ccccc2O)ccc1C(=O)NC1CNC[C@H]1NC(=O)c1ccnc(N)n1. The van der Waals surface area contributed by atoms with Gasteiger partial charge in [0.2, 0.25) is 5.95 Å². The predicted molar refractivity (Wildman–Crippen MR) is 126 cm³/mol. The molecule has 11 heteroatoms. The Bertz CT molecular complexity index is 1280. The molecule has 4 rings (SSSR count). The number of benzene rings is 2. The molecule has 1 fully saturated rings. The van der Waals surface area contributed by atoms with Crippen LogP contribution in [-0.2, 0) is 0 Å². The van der Waals surface area contributed by atoms with E-state index in [1.807, 2.05) is 0 Å². The Morgan fingerprint density at radius 2 is 1.74 bits per heavy atom. The Kier molecular flexibility index (Phi) is 6.88. The highest BCUT2D eigenvalue weighted by atomic mass is 16.5. The van der Waals surface area contributed by atoms with Crippen LogP contribution in [0.25, 0.3) is 0 Å². The topological polar surface area (TPSA) is 169 Å². The number of ketones is 1. The number of nitrogen functional groups attached to an aromatic ring is 1. The van der Waals surface area contributed by atoms with Gasteiger partial charge >= 0.3 is 0 Å². The number of methoxy groups -OCH3 is 1. The first-order valence-corrected chi connectivity index (χ1v) is 10.8. The molecule has 6 N–H and O–H groups in total. The van der Waals surface area contributed by atoms with Gasteiger partial charge in [-0.15, -0.1) is 0 Å². The Morgan fingerprint density at radius 1 is 1.03 bits per heavy atom. The van der Waals surface area contributed by atoms with E-state index < -0.39 is 29.7 Å². The Labute approximate surface area is 200 Å². The number of anilines is 1. The highest BCUT2D eigenvalue weighted by Gasteiger charge is 2.31. The molecule has 180 valence electrons. The Hall–Kier alpha value is -4.51. The third-order valence-corrected chi connectivity index (χ3v) is 5.61. The van der Waals surface area contributed by atoms with Gasteiger partial charge in [0.25, 0.3) is 11.8 Å². The van der Waals surface area contributed by atoms with Gasteiger partial charge in [0.1, 0.15) is 17.2 Å². The molecule has 1 aromatic heterocycles. The number of nitrogens with zero attached hydrogens (tertiary/aromatic N) is 2. The van der Waals surface area contributed by atoms with Crippen molar-refractivity contribution in [1.82, 2.24) is 25.9 Å². The summed E-state index contributed by atoms with van der Waals surface area (Å²) < 4.78 is 5.36. The average Bonchev–Trinajstić information content (AvgIpc) is 3.29. The van der Waals surface area contributed by atoms with Gasteiger partial charge in [-0.25, -0.2) is 9.97 Å². The van der Waals surface area contributed by atoms with Crippen LogP contribution in [0.2, 0.25) is 0 Å². The normalized spacial score (nSPS) is 16.9. The predicted octanol–water partition coefficient (Wildman–Crippen LogP) is 0.504. The van der Waals surface area contributed by atoms with Gasteiger partial charge in [-0.2, -0.15) is 0 Å². The number of nitrogens with two attached hydrogens (primary N) is 1. The fraction of sp³-hybridized carbons (Fsp3) is 0.208. The smallest absolute Gasteiger partial charge is 0.270 e. The maximum Gasteiger partial charge on any atom is 0.270 e. The van der Waals surface area contributed by atoms with Crippen molar-refractivity contribution in [2.75, 3.05) is 25.9 Å². The van der Waals surface area contributed by atoms with Gasteiger partial charge in [0.15, 0.2) is 5.78 Å². The van der Waals surface area contributed by atoms with E-state index in [1.165, 1.54) is 49.7 Å². The lowest BCUT2D eigenvalue weighted by Crippen LogP contribution is -2.51. The van der Waals surface area contributed by atoms with Gasteiger partial charge in [-0.1, -0.05) is 12.1 Å². The number of para-hydroxylation sites is 1. The molecule has 1 aliphatic rings. The van der Waals surface area contributed by atoms with Crippen molar-refractivity contribution >= 4 is 23.5 Å². The summed E-state index contributed by atoms with van der Waals surface area (Å²) in [6.45, 7) is 0.886. The first-order valence-electron chi connectivity index (χ1n) is 10.8. The second kappa shape index (κ2) is 10.2. The minimum absolute atomic E-state index is 0.0106. The molecule has 11 nitrogen and oxygen atoms in total.